The van der Waals surface area contributed by atoms with Gasteiger partial charge in [-0.3, -0.25) is 4.79 Å². The van der Waals surface area contributed by atoms with Gasteiger partial charge in [0.15, 0.2) is 0 Å². The van der Waals surface area contributed by atoms with E-state index in [1.807, 2.05) is 53.4 Å². The summed E-state index contributed by atoms with van der Waals surface area (Å²) in [6.45, 7) is 2.43. The molecule has 0 N–H and O–H groups in total. The molecule has 0 saturated carbocycles. The maximum absolute atomic E-state index is 12.5. The molecule has 0 radical (unpaired) electrons. The average molecular weight is 332 g/mol. The summed E-state index contributed by atoms with van der Waals surface area (Å²) in [4.78, 5) is 14.3. The zero-order valence-corrected chi connectivity index (χ0v) is 13.6. The van der Waals surface area contributed by atoms with Crippen molar-refractivity contribution in [2.75, 3.05) is 26.3 Å². The number of benzene rings is 2. The molecule has 0 atom stereocenters. The van der Waals surface area contributed by atoms with E-state index in [0.717, 1.165) is 16.5 Å². The van der Waals surface area contributed by atoms with E-state index in [0.29, 0.717) is 43.2 Å². The zero-order valence-electron chi connectivity index (χ0n) is 13.6. The number of hydrogen-bond donors (Lipinski definition) is 0. The molecular formula is C20H16N2O3. The number of furan rings is 1. The van der Waals surface area contributed by atoms with Crippen LogP contribution in [0.1, 0.15) is 16.1 Å². The zero-order chi connectivity index (χ0) is 17.2. The lowest BCUT2D eigenvalue weighted by molar-refractivity contribution is 0.0303. The van der Waals surface area contributed by atoms with Gasteiger partial charge in [-0.1, -0.05) is 30.3 Å². The van der Waals surface area contributed by atoms with Crippen molar-refractivity contribution in [2.24, 2.45) is 0 Å². The lowest BCUT2D eigenvalue weighted by Crippen LogP contribution is -2.40. The van der Waals surface area contributed by atoms with E-state index in [9.17, 15) is 4.79 Å². The summed E-state index contributed by atoms with van der Waals surface area (Å²) in [6, 6.07) is 17.1. The number of carbonyl (C=O) groups is 1. The fourth-order valence-corrected chi connectivity index (χ4v) is 3.09. The summed E-state index contributed by atoms with van der Waals surface area (Å²) in [5.41, 5.74) is 3.20. The van der Waals surface area contributed by atoms with Crippen molar-refractivity contribution in [2.45, 2.75) is 0 Å². The number of fused-ring (bicyclic) bond motifs is 1. The Balaban J connectivity index is 1.65. The number of nitrogens with zero attached hydrogens (tertiary/aromatic N) is 2. The van der Waals surface area contributed by atoms with Gasteiger partial charge in [0.05, 0.1) is 13.2 Å². The molecule has 0 aliphatic carbocycles. The van der Waals surface area contributed by atoms with Crippen LogP contribution in [0.5, 0.6) is 0 Å². The Labute approximate surface area is 145 Å². The van der Waals surface area contributed by atoms with E-state index < -0.39 is 0 Å². The number of hydrogen-bond acceptors (Lipinski definition) is 4. The van der Waals surface area contributed by atoms with Crippen LogP contribution in [0.2, 0.25) is 0 Å². The molecule has 2 aromatic carbocycles. The number of para-hydroxylation sites is 1. The van der Waals surface area contributed by atoms with E-state index in [1.54, 1.807) is 6.07 Å². The molecule has 2 heterocycles. The van der Waals surface area contributed by atoms with Gasteiger partial charge in [0.1, 0.15) is 11.7 Å². The fraction of sp³-hybridized carbons (Fsp3) is 0.200. The molecule has 3 aromatic rings. The van der Waals surface area contributed by atoms with Gasteiger partial charge in [-0.25, -0.2) is 0 Å². The molecule has 0 unspecified atom stereocenters. The largest absolute Gasteiger partial charge is 0.445 e. The molecule has 1 aliphatic heterocycles. The molecule has 0 bridgehead atoms. The summed E-state index contributed by atoms with van der Waals surface area (Å²) in [5.74, 6) is 0.319. The lowest BCUT2D eigenvalue weighted by atomic mass is 10.0. The van der Waals surface area contributed by atoms with Crippen molar-refractivity contribution < 1.29 is 13.9 Å². The quantitative estimate of drug-likeness (QED) is 0.721. The van der Waals surface area contributed by atoms with E-state index in [4.69, 9.17) is 14.4 Å². The van der Waals surface area contributed by atoms with Crippen LogP contribution in [-0.4, -0.2) is 37.1 Å². The first-order valence-electron chi connectivity index (χ1n) is 8.16. The average Bonchev–Trinajstić information content (AvgIpc) is 3.12. The molecule has 1 saturated heterocycles. The molecule has 25 heavy (non-hydrogen) atoms. The normalized spacial score (nSPS) is 14.4. The van der Waals surface area contributed by atoms with Crippen LogP contribution in [0.4, 0.5) is 0 Å². The first kappa shape index (κ1) is 15.4. The van der Waals surface area contributed by atoms with Crippen molar-refractivity contribution in [3.05, 3.63) is 59.9 Å². The van der Waals surface area contributed by atoms with E-state index in [-0.39, 0.29) is 5.91 Å². The number of rotatable bonds is 2. The summed E-state index contributed by atoms with van der Waals surface area (Å²) in [7, 11) is 0. The second kappa shape index (κ2) is 6.42. The molecule has 5 nitrogen and oxygen atoms in total. The van der Waals surface area contributed by atoms with Crippen LogP contribution in [0.3, 0.4) is 0 Å². The minimum Gasteiger partial charge on any atom is -0.445 e. The third-order valence-corrected chi connectivity index (χ3v) is 4.40. The summed E-state index contributed by atoms with van der Waals surface area (Å²) >= 11 is 0. The molecule has 1 fully saturated rings. The Hall–Kier alpha value is -3.10. The predicted octanol–water partition coefficient (Wildman–Crippen LogP) is 3.44. The number of nitriles is 1. The third-order valence-electron chi connectivity index (χ3n) is 4.40. The van der Waals surface area contributed by atoms with E-state index in [1.165, 1.54) is 0 Å². The van der Waals surface area contributed by atoms with Crippen LogP contribution in [-0.2, 0) is 4.74 Å². The molecule has 5 heteroatoms. The summed E-state index contributed by atoms with van der Waals surface area (Å²) in [6.07, 6.45) is 0. The second-order valence-electron chi connectivity index (χ2n) is 5.93. The van der Waals surface area contributed by atoms with E-state index in [2.05, 4.69) is 0 Å². The van der Waals surface area contributed by atoms with Gasteiger partial charge in [0.2, 0.25) is 5.76 Å². The number of morpholine rings is 1. The van der Waals surface area contributed by atoms with Crippen molar-refractivity contribution in [3.63, 3.8) is 0 Å². The SMILES string of the molecule is N#Cc1cc2cccc(-c3ccc(C(=O)N4CCOCC4)cc3)c2o1. The minimum atomic E-state index is 0.0258. The first-order chi connectivity index (χ1) is 12.3. The highest BCUT2D eigenvalue weighted by Crippen LogP contribution is 2.31. The van der Waals surface area contributed by atoms with Gasteiger partial charge >= 0.3 is 0 Å². The van der Waals surface area contributed by atoms with Gasteiger partial charge in [0, 0.05) is 35.7 Å². The smallest absolute Gasteiger partial charge is 0.254 e. The first-order valence-corrected chi connectivity index (χ1v) is 8.16. The minimum absolute atomic E-state index is 0.0258. The molecule has 0 spiro atoms. The van der Waals surface area contributed by atoms with Gasteiger partial charge < -0.3 is 14.1 Å². The molecule has 1 aromatic heterocycles. The maximum Gasteiger partial charge on any atom is 0.254 e. The molecule has 4 rings (SSSR count). The van der Waals surface area contributed by atoms with Crippen LogP contribution in [0.15, 0.2) is 52.9 Å². The summed E-state index contributed by atoms with van der Waals surface area (Å²) in [5, 5.41) is 9.92. The van der Waals surface area contributed by atoms with Crippen molar-refractivity contribution in [3.8, 4) is 17.2 Å². The number of ether oxygens (including phenoxy) is 1. The second-order valence-corrected chi connectivity index (χ2v) is 5.93. The van der Waals surface area contributed by atoms with Crippen LogP contribution >= 0.6 is 0 Å². The summed E-state index contributed by atoms with van der Waals surface area (Å²) < 4.78 is 10.9. The molecule has 1 aliphatic rings. The monoisotopic (exact) mass is 332 g/mol. The Bertz CT molecular complexity index is 961. The van der Waals surface area contributed by atoms with Crippen LogP contribution < -0.4 is 0 Å². The van der Waals surface area contributed by atoms with E-state index >= 15 is 0 Å². The Kier molecular flexibility index (Phi) is 3.96. The van der Waals surface area contributed by atoms with Gasteiger partial charge in [-0.2, -0.15) is 5.26 Å². The van der Waals surface area contributed by atoms with Crippen molar-refractivity contribution in [1.29, 1.82) is 5.26 Å². The highest BCUT2D eigenvalue weighted by Gasteiger charge is 2.18. The fourth-order valence-electron chi connectivity index (χ4n) is 3.09. The molecule has 124 valence electrons. The predicted molar refractivity (Wildman–Crippen MR) is 93.1 cm³/mol. The Morgan fingerprint density at radius 1 is 1.08 bits per heavy atom. The number of carbonyl (C=O) groups excluding carboxylic acids is 1. The molecular weight excluding hydrogens is 316 g/mol. The van der Waals surface area contributed by atoms with Gasteiger partial charge in [-0.05, 0) is 17.7 Å². The number of amides is 1. The standard InChI is InChI=1S/C20H16N2O3/c21-13-17-12-16-2-1-3-18(19(16)25-17)14-4-6-15(7-5-14)20(23)22-8-10-24-11-9-22/h1-7,12H,8-11H2. The maximum atomic E-state index is 12.5. The van der Waals surface area contributed by atoms with Gasteiger partial charge in [0.25, 0.3) is 5.91 Å². The van der Waals surface area contributed by atoms with Gasteiger partial charge in [-0.15, -0.1) is 0 Å². The Morgan fingerprint density at radius 2 is 1.84 bits per heavy atom. The lowest BCUT2D eigenvalue weighted by Gasteiger charge is -2.26. The van der Waals surface area contributed by atoms with Crippen molar-refractivity contribution >= 4 is 16.9 Å². The third kappa shape index (κ3) is 2.88. The van der Waals surface area contributed by atoms with Crippen molar-refractivity contribution in [1.82, 2.24) is 4.90 Å². The molecule has 1 amide bonds. The highest BCUT2D eigenvalue weighted by atomic mass is 16.5. The Morgan fingerprint density at radius 3 is 2.56 bits per heavy atom. The topological polar surface area (TPSA) is 66.5 Å². The van der Waals surface area contributed by atoms with Crippen LogP contribution in [0.25, 0.3) is 22.1 Å². The van der Waals surface area contributed by atoms with Crippen LogP contribution in [0, 0.1) is 11.3 Å². The highest BCUT2D eigenvalue weighted by molar-refractivity contribution is 5.96.